The van der Waals surface area contributed by atoms with Crippen LogP contribution in [0.4, 0.5) is 11.4 Å². The Bertz CT molecular complexity index is 918. The Kier molecular flexibility index (Phi) is 5.48. The van der Waals surface area contributed by atoms with E-state index in [9.17, 15) is 14.9 Å². The summed E-state index contributed by atoms with van der Waals surface area (Å²) in [7, 11) is 0. The van der Waals surface area contributed by atoms with Crippen molar-refractivity contribution in [3.8, 4) is 0 Å². The Balaban J connectivity index is 1.33. The fourth-order valence-electron chi connectivity index (χ4n) is 4.07. The number of carbonyl (C=O) groups is 1. The lowest BCUT2D eigenvalue weighted by molar-refractivity contribution is -0.384. The van der Waals surface area contributed by atoms with Crippen LogP contribution in [0.1, 0.15) is 47.6 Å². The van der Waals surface area contributed by atoms with E-state index in [0.29, 0.717) is 31.1 Å². The molecular formula is C20H25N5O4. The number of hydrogen-bond acceptors (Lipinski definition) is 6. The Morgan fingerprint density at radius 1 is 1.28 bits per heavy atom. The van der Waals surface area contributed by atoms with E-state index in [-0.39, 0.29) is 28.6 Å². The van der Waals surface area contributed by atoms with Gasteiger partial charge in [-0.1, -0.05) is 6.07 Å². The van der Waals surface area contributed by atoms with Gasteiger partial charge in [-0.15, -0.1) is 0 Å². The van der Waals surface area contributed by atoms with Crippen LogP contribution < -0.4 is 10.6 Å². The minimum Gasteiger partial charge on any atom is -0.377 e. The van der Waals surface area contributed by atoms with Crippen LogP contribution in [0.25, 0.3) is 0 Å². The van der Waals surface area contributed by atoms with Gasteiger partial charge in [0.25, 0.3) is 11.6 Å². The molecule has 9 nitrogen and oxygen atoms in total. The molecule has 4 rings (SSSR count). The van der Waals surface area contributed by atoms with Crippen molar-refractivity contribution in [3.05, 3.63) is 51.6 Å². The monoisotopic (exact) mass is 399 g/mol. The molecular weight excluding hydrogens is 374 g/mol. The average Bonchev–Trinajstić information content (AvgIpc) is 3.13. The lowest BCUT2D eigenvalue weighted by atomic mass is 9.90. The molecule has 1 fully saturated rings. The summed E-state index contributed by atoms with van der Waals surface area (Å²) < 4.78 is 7.29. The van der Waals surface area contributed by atoms with Gasteiger partial charge in [-0.2, -0.15) is 0 Å². The Morgan fingerprint density at radius 3 is 2.79 bits per heavy atom. The minimum atomic E-state index is -0.356. The van der Waals surface area contributed by atoms with E-state index in [4.69, 9.17) is 4.74 Å². The SMILES string of the molecule is Cc1ccc([N+](=O)[O-])c(NC2CCC(NC(=O)c3cnc4n3CCOC4)CC2)c1. The third kappa shape index (κ3) is 4.24. The molecule has 0 radical (unpaired) electrons. The van der Waals surface area contributed by atoms with Gasteiger partial charge in [0.15, 0.2) is 0 Å². The van der Waals surface area contributed by atoms with Crippen molar-refractivity contribution in [3.63, 3.8) is 0 Å². The summed E-state index contributed by atoms with van der Waals surface area (Å²) in [6, 6.07) is 5.36. The number of aryl methyl sites for hydroxylation is 1. The van der Waals surface area contributed by atoms with E-state index in [2.05, 4.69) is 15.6 Å². The van der Waals surface area contributed by atoms with E-state index in [1.165, 1.54) is 0 Å². The summed E-state index contributed by atoms with van der Waals surface area (Å²) in [5.41, 5.74) is 2.23. The first-order chi connectivity index (χ1) is 14.0. The predicted octanol–water partition coefficient (Wildman–Crippen LogP) is 2.78. The zero-order valence-electron chi connectivity index (χ0n) is 16.4. The smallest absolute Gasteiger partial charge is 0.292 e. The van der Waals surface area contributed by atoms with Gasteiger partial charge in [-0.25, -0.2) is 4.98 Å². The predicted molar refractivity (Wildman–Crippen MR) is 107 cm³/mol. The molecule has 154 valence electrons. The maximum atomic E-state index is 12.7. The first-order valence-corrected chi connectivity index (χ1v) is 9.96. The van der Waals surface area contributed by atoms with Gasteiger partial charge < -0.3 is 19.9 Å². The molecule has 2 aliphatic rings. The molecule has 1 amide bonds. The number of fused-ring (bicyclic) bond motifs is 1. The minimum absolute atomic E-state index is 0.0963. The summed E-state index contributed by atoms with van der Waals surface area (Å²) in [6.07, 6.45) is 4.95. The molecule has 0 spiro atoms. The van der Waals surface area contributed by atoms with Crippen LogP contribution in [0, 0.1) is 17.0 Å². The maximum Gasteiger partial charge on any atom is 0.292 e. The molecule has 1 aliphatic carbocycles. The standard InChI is InChI=1S/C20H25N5O4/c1-13-2-7-17(25(27)28)16(10-13)22-14-3-5-15(6-4-14)23-20(26)18-11-21-19-12-29-9-8-24(18)19/h2,7,10-11,14-15,22H,3-6,8-9,12H2,1H3,(H,23,26). The molecule has 0 atom stereocenters. The Hall–Kier alpha value is -2.94. The number of aromatic nitrogens is 2. The second kappa shape index (κ2) is 8.20. The molecule has 2 aromatic rings. The molecule has 2 N–H and O–H groups in total. The third-order valence-corrected chi connectivity index (χ3v) is 5.63. The van der Waals surface area contributed by atoms with Gasteiger partial charge in [-0.05, 0) is 44.2 Å². The first-order valence-electron chi connectivity index (χ1n) is 9.96. The number of carbonyl (C=O) groups excluding carboxylic acids is 1. The lowest BCUT2D eigenvalue weighted by Gasteiger charge is -2.30. The molecule has 0 saturated heterocycles. The van der Waals surface area contributed by atoms with Crippen molar-refractivity contribution < 1.29 is 14.5 Å². The van der Waals surface area contributed by atoms with Crippen molar-refractivity contribution in [2.45, 2.75) is 57.8 Å². The molecule has 0 bridgehead atoms. The van der Waals surface area contributed by atoms with E-state index in [1.807, 2.05) is 17.6 Å². The number of hydrogen-bond donors (Lipinski definition) is 2. The molecule has 29 heavy (non-hydrogen) atoms. The fourth-order valence-corrected chi connectivity index (χ4v) is 4.07. The van der Waals surface area contributed by atoms with Crippen LogP contribution in [-0.4, -0.2) is 39.1 Å². The van der Waals surface area contributed by atoms with Crippen molar-refractivity contribution in [1.82, 2.24) is 14.9 Å². The van der Waals surface area contributed by atoms with E-state index >= 15 is 0 Å². The van der Waals surface area contributed by atoms with Crippen LogP contribution in [0.2, 0.25) is 0 Å². The number of ether oxygens (including phenoxy) is 1. The Morgan fingerprint density at radius 2 is 2.03 bits per heavy atom. The van der Waals surface area contributed by atoms with Crippen LogP contribution in [0.3, 0.4) is 0 Å². The molecule has 2 heterocycles. The van der Waals surface area contributed by atoms with E-state index in [0.717, 1.165) is 37.1 Å². The highest BCUT2D eigenvalue weighted by Crippen LogP contribution is 2.29. The van der Waals surface area contributed by atoms with Gasteiger partial charge in [0.05, 0.1) is 17.7 Å². The normalized spacial score (nSPS) is 21.3. The second-order valence-electron chi connectivity index (χ2n) is 7.71. The highest BCUT2D eigenvalue weighted by Gasteiger charge is 2.26. The van der Waals surface area contributed by atoms with Gasteiger partial charge in [-0.3, -0.25) is 14.9 Å². The highest BCUT2D eigenvalue weighted by atomic mass is 16.6. The largest absolute Gasteiger partial charge is 0.377 e. The molecule has 0 unspecified atom stereocenters. The maximum absolute atomic E-state index is 12.7. The van der Waals surface area contributed by atoms with Crippen LogP contribution in [-0.2, 0) is 17.9 Å². The third-order valence-electron chi connectivity index (χ3n) is 5.63. The number of nitro groups is 1. The molecule has 1 aromatic heterocycles. The van der Waals surface area contributed by atoms with Gasteiger partial charge >= 0.3 is 0 Å². The number of anilines is 1. The van der Waals surface area contributed by atoms with E-state index < -0.39 is 0 Å². The number of nitrogens with one attached hydrogen (secondary N) is 2. The number of imidazole rings is 1. The molecule has 1 aliphatic heterocycles. The topological polar surface area (TPSA) is 111 Å². The number of benzene rings is 1. The van der Waals surface area contributed by atoms with Gasteiger partial charge in [0.1, 0.15) is 23.8 Å². The quantitative estimate of drug-likeness (QED) is 0.591. The lowest BCUT2D eigenvalue weighted by Crippen LogP contribution is -2.41. The number of amides is 1. The number of nitrogens with zero attached hydrogens (tertiary/aromatic N) is 3. The van der Waals surface area contributed by atoms with E-state index in [1.54, 1.807) is 18.3 Å². The number of rotatable bonds is 5. The zero-order chi connectivity index (χ0) is 20.4. The Labute approximate surface area is 168 Å². The first kappa shape index (κ1) is 19.4. The average molecular weight is 399 g/mol. The van der Waals surface area contributed by atoms with Crippen molar-refractivity contribution in [2.24, 2.45) is 0 Å². The number of nitro benzene ring substituents is 1. The van der Waals surface area contributed by atoms with Crippen LogP contribution in [0.5, 0.6) is 0 Å². The van der Waals surface area contributed by atoms with Crippen LogP contribution >= 0.6 is 0 Å². The van der Waals surface area contributed by atoms with Crippen molar-refractivity contribution in [1.29, 1.82) is 0 Å². The van der Waals surface area contributed by atoms with Crippen molar-refractivity contribution in [2.75, 3.05) is 11.9 Å². The zero-order valence-corrected chi connectivity index (χ0v) is 16.4. The summed E-state index contributed by atoms with van der Waals surface area (Å²) in [4.78, 5) is 27.9. The fraction of sp³-hybridized carbons (Fsp3) is 0.500. The summed E-state index contributed by atoms with van der Waals surface area (Å²) in [5, 5.41) is 17.7. The van der Waals surface area contributed by atoms with Gasteiger partial charge in [0, 0.05) is 24.7 Å². The van der Waals surface area contributed by atoms with Crippen molar-refractivity contribution >= 4 is 17.3 Å². The molecule has 1 saturated carbocycles. The highest BCUT2D eigenvalue weighted by molar-refractivity contribution is 5.92. The summed E-state index contributed by atoms with van der Waals surface area (Å²) in [5.74, 6) is 0.686. The molecule has 9 heteroatoms. The summed E-state index contributed by atoms with van der Waals surface area (Å²) >= 11 is 0. The van der Waals surface area contributed by atoms with Gasteiger partial charge in [0.2, 0.25) is 0 Å². The second-order valence-corrected chi connectivity index (χ2v) is 7.71. The molecule has 1 aromatic carbocycles. The van der Waals surface area contributed by atoms with Crippen LogP contribution in [0.15, 0.2) is 24.4 Å². The summed E-state index contributed by atoms with van der Waals surface area (Å²) in [6.45, 7) is 3.59.